The Kier molecular flexibility index (Phi) is 3.80. The Morgan fingerprint density at radius 3 is 2.72 bits per heavy atom. The number of nitrogens with zero attached hydrogens (tertiary/aromatic N) is 4. The summed E-state index contributed by atoms with van der Waals surface area (Å²) >= 11 is 0. The smallest absolute Gasteiger partial charge is 0.259 e. The largest absolute Gasteiger partial charge is 0.506 e. The van der Waals surface area contributed by atoms with Gasteiger partial charge in [0, 0.05) is 12.4 Å². The average Bonchev–Trinajstić information content (AvgIpc) is 3.13. The molecule has 0 amide bonds. The van der Waals surface area contributed by atoms with Gasteiger partial charge in [-0.15, -0.1) is 0 Å². The second-order valence-corrected chi connectivity index (χ2v) is 5.13. The van der Waals surface area contributed by atoms with Crippen molar-refractivity contribution in [3.63, 3.8) is 0 Å². The first-order valence-electron chi connectivity index (χ1n) is 7.46. The minimum atomic E-state index is 0.0201. The molecule has 3 heterocycles. The van der Waals surface area contributed by atoms with Crippen molar-refractivity contribution < 1.29 is 14.4 Å². The third kappa shape index (κ3) is 3.16. The minimum Gasteiger partial charge on any atom is -0.506 e. The molecule has 122 valence electrons. The van der Waals surface area contributed by atoms with Crippen molar-refractivity contribution in [1.29, 1.82) is 0 Å². The molecule has 1 aromatic carbocycles. The summed E-state index contributed by atoms with van der Waals surface area (Å²) in [6, 6.07) is 14.4. The Labute approximate surface area is 142 Å². The van der Waals surface area contributed by atoms with Gasteiger partial charge in [-0.2, -0.15) is 4.98 Å². The number of benzene rings is 1. The number of para-hydroxylation sites is 1. The fraction of sp³-hybridized carbons (Fsp3) is 0. The van der Waals surface area contributed by atoms with E-state index in [1.807, 2.05) is 30.3 Å². The molecule has 3 aromatic heterocycles. The lowest BCUT2D eigenvalue weighted by Gasteiger charge is -2.06. The summed E-state index contributed by atoms with van der Waals surface area (Å²) in [5.74, 6) is 1.62. The zero-order valence-electron chi connectivity index (χ0n) is 12.9. The van der Waals surface area contributed by atoms with Crippen LogP contribution < -0.4 is 4.74 Å². The quantitative estimate of drug-likeness (QED) is 0.609. The van der Waals surface area contributed by atoms with E-state index in [1.165, 1.54) is 18.5 Å². The van der Waals surface area contributed by atoms with E-state index >= 15 is 0 Å². The molecule has 25 heavy (non-hydrogen) atoms. The van der Waals surface area contributed by atoms with Crippen LogP contribution in [0.5, 0.6) is 17.4 Å². The number of rotatable bonds is 4. The maximum absolute atomic E-state index is 9.52. The highest BCUT2D eigenvalue weighted by Gasteiger charge is 2.16. The summed E-state index contributed by atoms with van der Waals surface area (Å²) in [7, 11) is 0. The molecule has 4 aromatic rings. The predicted molar refractivity (Wildman–Crippen MR) is 88.9 cm³/mol. The average molecular weight is 332 g/mol. The second-order valence-electron chi connectivity index (χ2n) is 5.13. The van der Waals surface area contributed by atoms with Crippen molar-refractivity contribution in [1.82, 2.24) is 20.1 Å². The van der Waals surface area contributed by atoms with Gasteiger partial charge in [-0.1, -0.05) is 23.4 Å². The van der Waals surface area contributed by atoms with Crippen LogP contribution in [-0.4, -0.2) is 25.2 Å². The molecule has 0 aliphatic heterocycles. The molecule has 0 atom stereocenters. The van der Waals surface area contributed by atoms with Crippen molar-refractivity contribution in [3.8, 4) is 40.2 Å². The van der Waals surface area contributed by atoms with E-state index in [2.05, 4.69) is 20.1 Å². The van der Waals surface area contributed by atoms with Gasteiger partial charge in [-0.3, -0.25) is 4.98 Å². The van der Waals surface area contributed by atoms with Crippen LogP contribution in [0.2, 0.25) is 0 Å². The molecule has 7 nitrogen and oxygen atoms in total. The Morgan fingerprint density at radius 1 is 1.00 bits per heavy atom. The van der Waals surface area contributed by atoms with E-state index in [1.54, 1.807) is 18.3 Å². The van der Waals surface area contributed by atoms with Gasteiger partial charge in [-0.05, 0) is 30.3 Å². The van der Waals surface area contributed by atoms with Crippen LogP contribution in [0.15, 0.2) is 71.6 Å². The molecular formula is C18H12N4O3. The van der Waals surface area contributed by atoms with E-state index in [0.29, 0.717) is 28.6 Å². The molecular weight excluding hydrogens is 320 g/mol. The number of pyridine rings is 2. The highest BCUT2D eigenvalue weighted by molar-refractivity contribution is 5.64. The molecule has 0 aliphatic carbocycles. The van der Waals surface area contributed by atoms with Crippen LogP contribution in [0.25, 0.3) is 22.8 Å². The molecule has 7 heteroatoms. The summed E-state index contributed by atoms with van der Waals surface area (Å²) in [5.41, 5.74) is 1.11. The lowest BCUT2D eigenvalue weighted by atomic mass is 10.2. The second kappa shape index (κ2) is 6.40. The van der Waals surface area contributed by atoms with E-state index < -0.39 is 0 Å². The molecule has 0 unspecified atom stereocenters. The Morgan fingerprint density at radius 2 is 1.88 bits per heavy atom. The fourth-order valence-electron chi connectivity index (χ4n) is 2.24. The lowest BCUT2D eigenvalue weighted by Crippen LogP contribution is -1.92. The molecule has 0 bridgehead atoms. The Balaban J connectivity index is 1.69. The summed E-state index contributed by atoms with van der Waals surface area (Å²) in [6.45, 7) is 0. The third-order valence-corrected chi connectivity index (χ3v) is 3.37. The highest BCUT2D eigenvalue weighted by Crippen LogP contribution is 2.31. The van der Waals surface area contributed by atoms with Crippen LogP contribution in [0.1, 0.15) is 0 Å². The molecule has 1 N–H and O–H groups in total. The zero-order valence-corrected chi connectivity index (χ0v) is 12.9. The number of ether oxygens (including phenoxy) is 1. The zero-order chi connectivity index (χ0) is 17.1. The predicted octanol–water partition coefficient (Wildman–Crippen LogP) is 3.69. The first kappa shape index (κ1) is 14.8. The van der Waals surface area contributed by atoms with Crippen LogP contribution in [-0.2, 0) is 0 Å². The molecule has 0 saturated carbocycles. The van der Waals surface area contributed by atoms with Crippen LogP contribution in [0.4, 0.5) is 0 Å². The van der Waals surface area contributed by atoms with E-state index in [9.17, 15) is 5.11 Å². The first-order chi connectivity index (χ1) is 12.3. The molecule has 4 rings (SSSR count). The molecule has 0 fully saturated rings. The highest BCUT2D eigenvalue weighted by atomic mass is 16.5. The van der Waals surface area contributed by atoms with E-state index in [4.69, 9.17) is 9.26 Å². The van der Waals surface area contributed by atoms with Crippen molar-refractivity contribution in [2.75, 3.05) is 0 Å². The molecule has 0 spiro atoms. The van der Waals surface area contributed by atoms with Gasteiger partial charge >= 0.3 is 0 Å². The molecule has 0 radical (unpaired) electrons. The maximum Gasteiger partial charge on any atom is 0.259 e. The first-order valence-corrected chi connectivity index (χ1v) is 7.46. The Hall–Kier alpha value is -3.74. The number of aromatic hydroxyl groups is 1. The van der Waals surface area contributed by atoms with Gasteiger partial charge < -0.3 is 14.4 Å². The van der Waals surface area contributed by atoms with Crippen LogP contribution in [0.3, 0.4) is 0 Å². The van der Waals surface area contributed by atoms with Gasteiger partial charge in [-0.25, -0.2) is 4.98 Å². The van der Waals surface area contributed by atoms with E-state index in [-0.39, 0.29) is 11.6 Å². The van der Waals surface area contributed by atoms with Gasteiger partial charge in [0.05, 0.1) is 17.3 Å². The molecule has 0 saturated heterocycles. The SMILES string of the molecule is Oc1cncc(-c2nc(-c3cccnc3Oc3ccccc3)no2)c1. The lowest BCUT2D eigenvalue weighted by molar-refractivity contribution is 0.429. The number of aromatic nitrogens is 4. The number of hydrogen-bond donors (Lipinski definition) is 1. The fourth-order valence-corrected chi connectivity index (χ4v) is 2.24. The van der Waals surface area contributed by atoms with Crippen LogP contribution in [0, 0.1) is 0 Å². The van der Waals surface area contributed by atoms with Crippen molar-refractivity contribution in [2.45, 2.75) is 0 Å². The van der Waals surface area contributed by atoms with Crippen molar-refractivity contribution >= 4 is 0 Å². The van der Waals surface area contributed by atoms with E-state index in [0.717, 1.165) is 0 Å². The summed E-state index contributed by atoms with van der Waals surface area (Å²) in [6.07, 6.45) is 4.48. The molecule has 0 aliphatic rings. The van der Waals surface area contributed by atoms with Crippen molar-refractivity contribution in [3.05, 3.63) is 67.1 Å². The maximum atomic E-state index is 9.52. The normalized spacial score (nSPS) is 10.6. The summed E-state index contributed by atoms with van der Waals surface area (Å²) < 4.78 is 11.1. The van der Waals surface area contributed by atoms with Gasteiger partial charge in [0.1, 0.15) is 11.5 Å². The van der Waals surface area contributed by atoms with Crippen molar-refractivity contribution in [2.24, 2.45) is 0 Å². The summed E-state index contributed by atoms with van der Waals surface area (Å²) in [4.78, 5) is 12.5. The van der Waals surface area contributed by atoms with Gasteiger partial charge in [0.25, 0.3) is 5.89 Å². The number of hydrogen-bond acceptors (Lipinski definition) is 7. The van der Waals surface area contributed by atoms with Crippen LogP contribution >= 0.6 is 0 Å². The van der Waals surface area contributed by atoms with Gasteiger partial charge in [0.15, 0.2) is 0 Å². The minimum absolute atomic E-state index is 0.0201. The third-order valence-electron chi connectivity index (χ3n) is 3.37. The van der Waals surface area contributed by atoms with Gasteiger partial charge in [0.2, 0.25) is 11.7 Å². The standard InChI is InChI=1S/C18H12N4O3/c23-13-9-12(10-19-11-13)17-21-16(22-25-17)15-7-4-8-20-18(15)24-14-5-2-1-3-6-14/h1-11,23H. The topological polar surface area (TPSA) is 94.2 Å². The Bertz CT molecular complexity index is 1000. The summed E-state index contributed by atoms with van der Waals surface area (Å²) in [5, 5.41) is 13.5. The monoisotopic (exact) mass is 332 g/mol.